The summed E-state index contributed by atoms with van der Waals surface area (Å²) in [5.74, 6) is -0.269. The second-order valence-electron chi connectivity index (χ2n) is 6.23. The van der Waals surface area contributed by atoms with Gasteiger partial charge in [0.25, 0.3) is 5.91 Å². The Kier molecular flexibility index (Phi) is 5.33. The number of pyridine rings is 1. The summed E-state index contributed by atoms with van der Waals surface area (Å²) < 4.78 is 8.22. The Morgan fingerprint density at radius 2 is 2.30 bits per heavy atom. The van der Waals surface area contributed by atoms with Gasteiger partial charge in [-0.2, -0.15) is 5.10 Å². The Morgan fingerprint density at radius 3 is 2.96 bits per heavy atom. The highest BCUT2D eigenvalue weighted by atomic mass is 79.9. The van der Waals surface area contributed by atoms with Crippen LogP contribution in [-0.2, 0) is 4.74 Å². The van der Waals surface area contributed by atoms with E-state index in [1.807, 2.05) is 36.0 Å². The molecule has 0 unspecified atom stereocenters. The monoisotopic (exact) mass is 447 g/mol. The number of halogens is 1. The van der Waals surface area contributed by atoms with Crippen LogP contribution in [0.25, 0.3) is 11.4 Å². The molecule has 0 aliphatic heterocycles. The molecular weight excluding hydrogens is 430 g/mol. The molecule has 0 bridgehead atoms. The molecule has 1 fully saturated rings. The Bertz CT molecular complexity index is 936. The summed E-state index contributed by atoms with van der Waals surface area (Å²) in [6.45, 7) is 2.73. The van der Waals surface area contributed by atoms with Gasteiger partial charge in [-0.15, -0.1) is 11.3 Å². The Morgan fingerprint density at radius 1 is 1.44 bits per heavy atom. The van der Waals surface area contributed by atoms with Gasteiger partial charge in [-0.3, -0.25) is 14.5 Å². The van der Waals surface area contributed by atoms with E-state index in [4.69, 9.17) is 9.84 Å². The van der Waals surface area contributed by atoms with E-state index in [1.54, 1.807) is 11.6 Å². The van der Waals surface area contributed by atoms with Crippen molar-refractivity contribution in [2.24, 2.45) is 0 Å². The third kappa shape index (κ3) is 3.95. The number of rotatable bonds is 6. The third-order valence-corrected chi connectivity index (χ3v) is 5.81. The van der Waals surface area contributed by atoms with Crippen molar-refractivity contribution < 1.29 is 9.53 Å². The lowest BCUT2D eigenvalue weighted by Crippen LogP contribution is -2.33. The summed E-state index contributed by atoms with van der Waals surface area (Å²) in [4.78, 5) is 21.1. The van der Waals surface area contributed by atoms with Gasteiger partial charge >= 0.3 is 0 Å². The largest absolute Gasteiger partial charge is 0.378 e. The summed E-state index contributed by atoms with van der Waals surface area (Å²) in [6.07, 6.45) is 5.71. The van der Waals surface area contributed by atoms with E-state index in [2.05, 4.69) is 31.2 Å². The second-order valence-corrected chi connectivity index (χ2v) is 8.36. The number of nitrogens with one attached hydrogen (secondary N) is 1. The number of thiazole rings is 1. The third-order valence-electron chi connectivity index (χ3n) is 4.44. The molecule has 0 atom stereocenters. The Hall–Kier alpha value is -2.10. The van der Waals surface area contributed by atoms with E-state index in [-0.39, 0.29) is 18.1 Å². The minimum Gasteiger partial charge on any atom is -0.378 e. The molecular formula is C18H18BrN5O2S. The first-order valence-electron chi connectivity index (χ1n) is 8.68. The van der Waals surface area contributed by atoms with Crippen molar-refractivity contribution >= 4 is 38.9 Å². The maximum atomic E-state index is 12.5. The zero-order chi connectivity index (χ0) is 18.8. The van der Waals surface area contributed by atoms with Crippen LogP contribution in [-0.4, -0.2) is 38.4 Å². The Balaban J connectivity index is 1.60. The van der Waals surface area contributed by atoms with Crippen LogP contribution in [0, 0.1) is 0 Å². The Labute approximate surface area is 168 Å². The van der Waals surface area contributed by atoms with Gasteiger partial charge in [0.2, 0.25) is 0 Å². The average Bonchev–Trinajstić information content (AvgIpc) is 3.25. The average molecular weight is 448 g/mol. The van der Waals surface area contributed by atoms with Crippen LogP contribution in [0.1, 0.15) is 36.3 Å². The fourth-order valence-corrected chi connectivity index (χ4v) is 4.02. The van der Waals surface area contributed by atoms with Crippen molar-refractivity contribution in [1.82, 2.24) is 19.7 Å². The second kappa shape index (κ2) is 7.87. The highest BCUT2D eigenvalue weighted by Gasteiger charge is 2.32. The topological polar surface area (TPSA) is 81.9 Å². The van der Waals surface area contributed by atoms with Gasteiger partial charge in [0.1, 0.15) is 11.4 Å². The van der Waals surface area contributed by atoms with E-state index in [1.165, 1.54) is 11.3 Å². The standard InChI is InChI=1S/C18H18BrN5O2S/c1-2-26-12-7-11(8-12)24-9-14(16(23-24)13-5-3-4-6-20-13)21-17(25)15-10-27-18(19)22-15/h3-6,9-12H,2,7-8H2,1H3,(H,21,25)/t11-,12+. The molecule has 1 saturated carbocycles. The molecule has 0 saturated heterocycles. The van der Waals surface area contributed by atoms with E-state index in [9.17, 15) is 4.79 Å². The first kappa shape index (κ1) is 18.3. The minimum atomic E-state index is -0.269. The highest BCUT2D eigenvalue weighted by Crippen LogP contribution is 2.36. The predicted molar refractivity (Wildman–Crippen MR) is 107 cm³/mol. The SMILES string of the molecule is CCO[C@H]1C[C@@H](n2cc(NC(=O)c3csc(Br)n3)c(-c3ccccn3)n2)C1. The van der Waals surface area contributed by atoms with Crippen molar-refractivity contribution in [2.75, 3.05) is 11.9 Å². The molecule has 4 rings (SSSR count). The maximum Gasteiger partial charge on any atom is 0.275 e. The van der Waals surface area contributed by atoms with Crippen LogP contribution in [0.2, 0.25) is 0 Å². The lowest BCUT2D eigenvalue weighted by Gasteiger charge is -2.34. The molecule has 27 heavy (non-hydrogen) atoms. The first-order chi connectivity index (χ1) is 13.1. The van der Waals surface area contributed by atoms with E-state index in [0.29, 0.717) is 26.7 Å². The molecule has 1 N–H and O–H groups in total. The molecule has 3 heterocycles. The predicted octanol–water partition coefficient (Wildman–Crippen LogP) is 4.16. The number of carbonyl (C=O) groups is 1. The first-order valence-corrected chi connectivity index (χ1v) is 10.4. The summed E-state index contributed by atoms with van der Waals surface area (Å²) >= 11 is 4.65. The molecule has 1 aliphatic carbocycles. The molecule has 140 valence electrons. The molecule has 3 aromatic rings. The number of ether oxygens (including phenoxy) is 1. The summed E-state index contributed by atoms with van der Waals surface area (Å²) in [7, 11) is 0. The summed E-state index contributed by atoms with van der Waals surface area (Å²) in [5.41, 5.74) is 2.36. The fraction of sp³-hybridized carbons (Fsp3) is 0.333. The normalized spacial score (nSPS) is 18.9. The van der Waals surface area contributed by atoms with Gasteiger partial charge in [0, 0.05) is 24.4 Å². The smallest absolute Gasteiger partial charge is 0.275 e. The zero-order valence-corrected chi connectivity index (χ0v) is 17.0. The number of anilines is 1. The van der Waals surface area contributed by atoms with Gasteiger partial charge in [-0.05, 0) is 47.8 Å². The summed E-state index contributed by atoms with van der Waals surface area (Å²) in [6, 6.07) is 5.90. The molecule has 0 spiro atoms. The number of amides is 1. The maximum absolute atomic E-state index is 12.5. The molecule has 9 heteroatoms. The van der Waals surface area contributed by atoms with Crippen LogP contribution in [0.15, 0.2) is 39.9 Å². The number of carbonyl (C=O) groups excluding carboxylic acids is 1. The van der Waals surface area contributed by atoms with Gasteiger partial charge in [0.05, 0.1) is 23.5 Å². The van der Waals surface area contributed by atoms with Gasteiger partial charge in [0.15, 0.2) is 3.92 Å². The zero-order valence-electron chi connectivity index (χ0n) is 14.6. The molecule has 3 aromatic heterocycles. The van der Waals surface area contributed by atoms with Crippen LogP contribution in [0.3, 0.4) is 0 Å². The number of hydrogen-bond donors (Lipinski definition) is 1. The van der Waals surface area contributed by atoms with Crippen molar-refractivity contribution in [3.63, 3.8) is 0 Å². The molecule has 1 amide bonds. The summed E-state index contributed by atoms with van der Waals surface area (Å²) in [5, 5.41) is 9.35. The van der Waals surface area contributed by atoms with Crippen LogP contribution >= 0.6 is 27.3 Å². The van der Waals surface area contributed by atoms with Gasteiger partial charge in [-0.25, -0.2) is 4.98 Å². The molecule has 7 nitrogen and oxygen atoms in total. The van der Waals surface area contributed by atoms with E-state index in [0.717, 1.165) is 19.4 Å². The van der Waals surface area contributed by atoms with Crippen LogP contribution in [0.4, 0.5) is 5.69 Å². The minimum absolute atomic E-state index is 0.267. The number of nitrogens with zero attached hydrogens (tertiary/aromatic N) is 4. The molecule has 1 aliphatic rings. The van der Waals surface area contributed by atoms with Crippen molar-refractivity contribution in [3.05, 3.63) is 45.6 Å². The van der Waals surface area contributed by atoms with Crippen molar-refractivity contribution in [1.29, 1.82) is 0 Å². The number of hydrogen-bond acceptors (Lipinski definition) is 6. The van der Waals surface area contributed by atoms with E-state index >= 15 is 0 Å². The van der Waals surface area contributed by atoms with Crippen molar-refractivity contribution in [2.45, 2.75) is 31.9 Å². The van der Waals surface area contributed by atoms with Crippen molar-refractivity contribution in [3.8, 4) is 11.4 Å². The quantitative estimate of drug-likeness (QED) is 0.613. The van der Waals surface area contributed by atoms with Crippen LogP contribution < -0.4 is 5.32 Å². The van der Waals surface area contributed by atoms with E-state index < -0.39 is 0 Å². The molecule has 0 aromatic carbocycles. The lowest BCUT2D eigenvalue weighted by molar-refractivity contribution is -0.0226. The fourth-order valence-electron chi connectivity index (χ4n) is 3.03. The van der Waals surface area contributed by atoms with Crippen LogP contribution in [0.5, 0.6) is 0 Å². The lowest BCUT2D eigenvalue weighted by atomic mass is 9.89. The molecule has 0 radical (unpaired) electrons. The van der Waals surface area contributed by atoms with Gasteiger partial charge in [-0.1, -0.05) is 6.07 Å². The number of aromatic nitrogens is 4. The highest BCUT2D eigenvalue weighted by molar-refractivity contribution is 9.11. The van der Waals surface area contributed by atoms with Gasteiger partial charge < -0.3 is 10.1 Å².